The minimum atomic E-state index is 0.0774. The van der Waals surface area contributed by atoms with Crippen LogP contribution in [0.3, 0.4) is 0 Å². The number of allylic oxidation sites excluding steroid dienone is 1. The summed E-state index contributed by atoms with van der Waals surface area (Å²) < 4.78 is 0. The van der Waals surface area contributed by atoms with Gasteiger partial charge in [-0.2, -0.15) is 0 Å². The summed E-state index contributed by atoms with van der Waals surface area (Å²) in [5, 5.41) is 0. The van der Waals surface area contributed by atoms with E-state index in [-0.39, 0.29) is 12.3 Å². The highest BCUT2D eigenvalue weighted by atomic mass is 14.4. The number of hydrogen-bond donors (Lipinski definition) is 1. The van der Waals surface area contributed by atoms with Crippen LogP contribution in [0.5, 0.6) is 0 Å². The molecule has 0 bridgehead atoms. The van der Waals surface area contributed by atoms with Crippen molar-refractivity contribution in [3.63, 3.8) is 0 Å². The van der Waals surface area contributed by atoms with Gasteiger partial charge in [-0.15, -0.1) is 0 Å². The van der Waals surface area contributed by atoms with Gasteiger partial charge in [0.05, 0.1) is 0 Å². The Morgan fingerprint density at radius 2 is 1.95 bits per heavy atom. The number of aryl methyl sites for hydroxylation is 1. The molecule has 0 saturated carbocycles. The first kappa shape index (κ1) is 17.0. The van der Waals surface area contributed by atoms with Crippen LogP contribution in [0.4, 0.5) is 0 Å². The third kappa shape index (κ3) is 3.99. The normalized spacial score (nSPS) is 12.7. The van der Waals surface area contributed by atoms with Gasteiger partial charge in [0.2, 0.25) is 6.85 Å². The SMILES string of the molecule is CCCC(C)(C)/C(=C\c1c(C)cccc1B(C)N)CC. The lowest BCUT2D eigenvalue weighted by Crippen LogP contribution is -2.38. The fourth-order valence-corrected chi connectivity index (χ4v) is 3.03. The van der Waals surface area contributed by atoms with Gasteiger partial charge in [0.25, 0.3) is 0 Å². The number of rotatable bonds is 6. The Bertz CT molecular complexity index is 472. The number of nitrogens with two attached hydrogens (primary N) is 1. The van der Waals surface area contributed by atoms with Gasteiger partial charge in [-0.1, -0.05) is 76.2 Å². The molecular weight excluding hydrogens is 241 g/mol. The fourth-order valence-electron chi connectivity index (χ4n) is 3.03. The highest BCUT2D eigenvalue weighted by Gasteiger charge is 2.22. The second-order valence-corrected chi connectivity index (χ2v) is 6.52. The van der Waals surface area contributed by atoms with Crippen LogP contribution in [0.25, 0.3) is 6.08 Å². The molecule has 0 aliphatic rings. The van der Waals surface area contributed by atoms with Gasteiger partial charge < -0.3 is 5.64 Å². The summed E-state index contributed by atoms with van der Waals surface area (Å²) in [7, 11) is 0. The summed E-state index contributed by atoms with van der Waals surface area (Å²) in [6, 6.07) is 6.44. The van der Waals surface area contributed by atoms with E-state index in [1.54, 1.807) is 0 Å². The van der Waals surface area contributed by atoms with E-state index in [2.05, 4.69) is 65.7 Å². The molecule has 0 radical (unpaired) electrons. The maximum atomic E-state index is 6.14. The monoisotopic (exact) mass is 271 g/mol. The second-order valence-electron chi connectivity index (χ2n) is 6.52. The maximum Gasteiger partial charge on any atom is 0.249 e. The van der Waals surface area contributed by atoms with Gasteiger partial charge in [-0.25, -0.2) is 0 Å². The Kier molecular flexibility index (Phi) is 6.07. The third-order valence-electron chi connectivity index (χ3n) is 4.29. The van der Waals surface area contributed by atoms with E-state index >= 15 is 0 Å². The highest BCUT2D eigenvalue weighted by molar-refractivity contribution is 6.69. The smallest absolute Gasteiger partial charge is 0.249 e. The molecule has 0 unspecified atom stereocenters. The zero-order valence-corrected chi connectivity index (χ0v) is 14.1. The first-order valence-electron chi connectivity index (χ1n) is 7.89. The molecule has 0 aliphatic carbocycles. The zero-order valence-electron chi connectivity index (χ0n) is 14.1. The van der Waals surface area contributed by atoms with Crippen LogP contribution in [0.1, 0.15) is 58.1 Å². The van der Waals surface area contributed by atoms with E-state index in [9.17, 15) is 0 Å². The summed E-state index contributed by atoms with van der Waals surface area (Å²) in [6.45, 7) is 13.6. The predicted molar refractivity (Wildman–Crippen MR) is 93.6 cm³/mol. The van der Waals surface area contributed by atoms with Crippen LogP contribution in [0.2, 0.25) is 6.82 Å². The molecule has 20 heavy (non-hydrogen) atoms. The van der Waals surface area contributed by atoms with Crippen LogP contribution < -0.4 is 11.1 Å². The maximum absolute atomic E-state index is 6.14. The minimum absolute atomic E-state index is 0.0774. The third-order valence-corrected chi connectivity index (χ3v) is 4.29. The lowest BCUT2D eigenvalue weighted by atomic mass is 9.58. The summed E-state index contributed by atoms with van der Waals surface area (Å²) >= 11 is 0. The van der Waals surface area contributed by atoms with Gasteiger partial charge in [0.1, 0.15) is 0 Å². The second kappa shape index (κ2) is 7.13. The average molecular weight is 271 g/mol. The van der Waals surface area contributed by atoms with Crippen molar-refractivity contribution in [2.45, 2.75) is 60.7 Å². The molecule has 2 heteroatoms. The van der Waals surface area contributed by atoms with Crippen LogP contribution in [0, 0.1) is 12.3 Å². The molecule has 0 aromatic heterocycles. The molecule has 0 saturated heterocycles. The van der Waals surface area contributed by atoms with E-state index in [1.807, 2.05) is 0 Å². The molecule has 0 heterocycles. The van der Waals surface area contributed by atoms with Crippen molar-refractivity contribution in [3.8, 4) is 0 Å². The van der Waals surface area contributed by atoms with Crippen molar-refractivity contribution in [1.82, 2.24) is 0 Å². The lowest BCUT2D eigenvalue weighted by Gasteiger charge is -2.28. The van der Waals surface area contributed by atoms with Crippen molar-refractivity contribution < 1.29 is 0 Å². The van der Waals surface area contributed by atoms with E-state index in [0.717, 1.165) is 6.42 Å². The summed E-state index contributed by atoms with van der Waals surface area (Å²) in [5.74, 6) is 0. The molecule has 1 aromatic carbocycles. The fraction of sp³-hybridized carbons (Fsp3) is 0.556. The molecule has 1 rings (SSSR count). The van der Waals surface area contributed by atoms with Crippen molar-refractivity contribution in [1.29, 1.82) is 0 Å². The van der Waals surface area contributed by atoms with Crippen LogP contribution in [-0.2, 0) is 0 Å². The molecular formula is C18H30BN. The largest absolute Gasteiger partial charge is 0.366 e. The standard InChI is InChI=1S/C18H30BN/c1-7-12-18(4,5)15(8-2)13-16-14(3)10-9-11-17(16)19(6)20/h9-11,13H,7-8,12,20H2,1-6H3/b15-13-. The molecule has 0 spiro atoms. The van der Waals surface area contributed by atoms with Crippen LogP contribution in [0.15, 0.2) is 23.8 Å². The van der Waals surface area contributed by atoms with Crippen LogP contribution in [-0.4, -0.2) is 6.85 Å². The number of hydrogen-bond acceptors (Lipinski definition) is 1. The summed E-state index contributed by atoms with van der Waals surface area (Å²) in [5.41, 5.74) is 11.8. The lowest BCUT2D eigenvalue weighted by molar-refractivity contribution is 0.395. The first-order valence-corrected chi connectivity index (χ1v) is 7.89. The highest BCUT2D eigenvalue weighted by Crippen LogP contribution is 2.35. The van der Waals surface area contributed by atoms with E-state index in [1.165, 1.54) is 35.0 Å². The van der Waals surface area contributed by atoms with Crippen molar-refractivity contribution in [3.05, 3.63) is 34.9 Å². The average Bonchev–Trinajstić information content (AvgIpc) is 2.36. The van der Waals surface area contributed by atoms with Gasteiger partial charge in [-0.05, 0) is 36.3 Å². The predicted octanol–water partition coefficient (Wildman–Crippen LogP) is 4.40. The Morgan fingerprint density at radius 1 is 1.30 bits per heavy atom. The minimum Gasteiger partial charge on any atom is -0.366 e. The van der Waals surface area contributed by atoms with Crippen LogP contribution >= 0.6 is 0 Å². The molecule has 1 aromatic rings. The Labute approximate surface area is 125 Å². The Hall–Kier alpha value is -1.02. The van der Waals surface area contributed by atoms with Crippen molar-refractivity contribution >= 4 is 18.4 Å². The molecule has 0 fully saturated rings. The van der Waals surface area contributed by atoms with Crippen molar-refractivity contribution in [2.75, 3.05) is 0 Å². The molecule has 0 aliphatic heterocycles. The van der Waals surface area contributed by atoms with E-state index < -0.39 is 0 Å². The molecule has 0 amide bonds. The molecule has 110 valence electrons. The summed E-state index contributed by atoms with van der Waals surface area (Å²) in [4.78, 5) is 0. The molecule has 0 atom stereocenters. The number of benzene rings is 1. The molecule has 2 N–H and O–H groups in total. The Morgan fingerprint density at radius 3 is 2.45 bits per heavy atom. The van der Waals surface area contributed by atoms with Gasteiger partial charge in [-0.3, -0.25) is 0 Å². The quantitative estimate of drug-likeness (QED) is 0.762. The molecule has 1 nitrogen and oxygen atoms in total. The van der Waals surface area contributed by atoms with E-state index in [4.69, 9.17) is 5.64 Å². The topological polar surface area (TPSA) is 26.0 Å². The zero-order chi connectivity index (χ0) is 15.3. The Balaban J connectivity index is 3.33. The van der Waals surface area contributed by atoms with Gasteiger partial charge in [0, 0.05) is 0 Å². The van der Waals surface area contributed by atoms with Crippen molar-refractivity contribution in [2.24, 2.45) is 11.1 Å². The first-order chi connectivity index (χ1) is 9.33. The summed E-state index contributed by atoms with van der Waals surface area (Å²) in [6.07, 6.45) is 5.94. The van der Waals surface area contributed by atoms with Gasteiger partial charge in [0.15, 0.2) is 0 Å². The van der Waals surface area contributed by atoms with E-state index in [0.29, 0.717) is 0 Å². The van der Waals surface area contributed by atoms with Gasteiger partial charge >= 0.3 is 0 Å².